The summed E-state index contributed by atoms with van der Waals surface area (Å²) in [6.07, 6.45) is 2.15. The van der Waals surface area contributed by atoms with E-state index in [1.54, 1.807) is 24.0 Å². The van der Waals surface area contributed by atoms with E-state index >= 15 is 0 Å². The van der Waals surface area contributed by atoms with E-state index < -0.39 is 0 Å². The molecule has 1 saturated carbocycles. The molecule has 31 heavy (non-hydrogen) atoms. The molecule has 3 fully saturated rings. The number of piperazine rings is 1. The third-order valence-electron chi connectivity index (χ3n) is 7.09. The van der Waals surface area contributed by atoms with Crippen molar-refractivity contribution in [1.82, 2.24) is 14.7 Å². The predicted octanol–water partition coefficient (Wildman–Crippen LogP) is 2.52. The summed E-state index contributed by atoms with van der Waals surface area (Å²) in [6, 6.07) is 4.75. The first-order valence-electron chi connectivity index (χ1n) is 11.4. The zero-order valence-corrected chi connectivity index (χ0v) is 18.0. The maximum absolute atomic E-state index is 14.1. The Kier molecular flexibility index (Phi) is 5.50. The second-order valence-electron chi connectivity index (χ2n) is 9.12. The highest BCUT2D eigenvalue weighted by Crippen LogP contribution is 2.49. The number of carbonyl (C=O) groups excluding carboxylic acids is 2. The molecule has 2 amide bonds. The Hall–Kier alpha value is -2.35. The maximum Gasteiger partial charge on any atom is 0.409 e. The van der Waals surface area contributed by atoms with Crippen LogP contribution in [0.1, 0.15) is 31.4 Å². The van der Waals surface area contributed by atoms with E-state index in [2.05, 4.69) is 4.90 Å². The van der Waals surface area contributed by atoms with Crippen LogP contribution in [-0.4, -0.2) is 79.2 Å². The Morgan fingerprint density at radius 1 is 1.16 bits per heavy atom. The van der Waals surface area contributed by atoms with Gasteiger partial charge in [-0.05, 0) is 43.9 Å². The first kappa shape index (κ1) is 20.5. The quantitative estimate of drug-likeness (QED) is 0.733. The smallest absolute Gasteiger partial charge is 0.409 e. The van der Waals surface area contributed by atoms with E-state index in [0.29, 0.717) is 51.9 Å². The van der Waals surface area contributed by atoms with Gasteiger partial charge in [-0.25, -0.2) is 9.18 Å². The van der Waals surface area contributed by atoms with Gasteiger partial charge in [-0.15, -0.1) is 0 Å². The molecule has 1 aromatic rings. The number of hydrogen-bond acceptors (Lipinski definition) is 5. The fourth-order valence-electron chi connectivity index (χ4n) is 5.34. The molecule has 0 aromatic heterocycles. The number of likely N-dealkylation sites (tertiary alicyclic amines) is 1. The van der Waals surface area contributed by atoms with Crippen molar-refractivity contribution < 1.29 is 23.5 Å². The number of amides is 2. The molecule has 0 radical (unpaired) electrons. The predicted molar refractivity (Wildman–Crippen MR) is 111 cm³/mol. The Morgan fingerprint density at radius 2 is 1.90 bits per heavy atom. The van der Waals surface area contributed by atoms with Crippen LogP contribution in [0.4, 0.5) is 9.18 Å². The summed E-state index contributed by atoms with van der Waals surface area (Å²) >= 11 is 0. The van der Waals surface area contributed by atoms with Crippen LogP contribution in [0.15, 0.2) is 18.2 Å². The number of ether oxygens (including phenoxy) is 2. The number of benzene rings is 1. The molecule has 7 nitrogen and oxygen atoms in total. The minimum atomic E-state index is -0.314. The average Bonchev–Trinajstić information content (AvgIpc) is 3.52. The molecule has 168 valence electrons. The molecule has 3 heterocycles. The molecule has 0 spiro atoms. The molecule has 3 aliphatic heterocycles. The van der Waals surface area contributed by atoms with Gasteiger partial charge in [0.25, 0.3) is 0 Å². The van der Waals surface area contributed by atoms with Gasteiger partial charge in [0, 0.05) is 56.8 Å². The summed E-state index contributed by atoms with van der Waals surface area (Å²) in [6.45, 7) is 6.26. The van der Waals surface area contributed by atoms with Crippen molar-refractivity contribution in [3.8, 4) is 5.75 Å². The Bertz CT molecular complexity index is 853. The topological polar surface area (TPSA) is 62.3 Å². The largest absolute Gasteiger partial charge is 0.493 e. The van der Waals surface area contributed by atoms with Crippen molar-refractivity contribution >= 4 is 12.0 Å². The summed E-state index contributed by atoms with van der Waals surface area (Å²) in [7, 11) is 0. The van der Waals surface area contributed by atoms with Gasteiger partial charge in [0.2, 0.25) is 5.91 Å². The number of fused-ring (bicyclic) bond motifs is 3. The van der Waals surface area contributed by atoms with E-state index in [4.69, 9.17) is 9.47 Å². The Labute approximate surface area is 182 Å². The van der Waals surface area contributed by atoms with Crippen LogP contribution in [0.3, 0.4) is 0 Å². The highest BCUT2D eigenvalue weighted by Gasteiger charge is 2.51. The van der Waals surface area contributed by atoms with E-state index in [1.807, 2.05) is 4.90 Å². The van der Waals surface area contributed by atoms with Crippen molar-refractivity contribution in [2.75, 3.05) is 52.5 Å². The zero-order chi connectivity index (χ0) is 21.5. The van der Waals surface area contributed by atoms with Crippen molar-refractivity contribution in [3.05, 3.63) is 29.6 Å². The van der Waals surface area contributed by atoms with E-state index in [-0.39, 0.29) is 35.7 Å². The van der Waals surface area contributed by atoms with E-state index in [0.717, 1.165) is 17.9 Å². The fourth-order valence-corrected chi connectivity index (χ4v) is 5.34. The lowest BCUT2D eigenvalue weighted by atomic mass is 9.84. The van der Waals surface area contributed by atoms with Crippen LogP contribution in [-0.2, 0) is 9.53 Å². The number of halogens is 1. The van der Waals surface area contributed by atoms with Crippen molar-refractivity contribution in [2.24, 2.45) is 17.8 Å². The third-order valence-corrected chi connectivity index (χ3v) is 7.09. The van der Waals surface area contributed by atoms with Gasteiger partial charge >= 0.3 is 6.09 Å². The molecule has 0 bridgehead atoms. The van der Waals surface area contributed by atoms with Crippen LogP contribution < -0.4 is 4.74 Å². The Balaban J connectivity index is 1.32. The highest BCUT2D eigenvalue weighted by molar-refractivity contribution is 5.80. The summed E-state index contributed by atoms with van der Waals surface area (Å²) in [5.74, 6) is 1.12. The van der Waals surface area contributed by atoms with Crippen molar-refractivity contribution in [1.29, 1.82) is 0 Å². The van der Waals surface area contributed by atoms with Crippen molar-refractivity contribution in [2.45, 2.75) is 25.8 Å². The lowest BCUT2D eigenvalue weighted by Gasteiger charge is -2.37. The second kappa shape index (κ2) is 8.30. The minimum absolute atomic E-state index is 0.0173. The number of rotatable bonds is 4. The highest BCUT2D eigenvalue weighted by atomic mass is 19.1. The van der Waals surface area contributed by atoms with Gasteiger partial charge in [0.1, 0.15) is 11.6 Å². The van der Waals surface area contributed by atoms with Gasteiger partial charge in [-0.2, -0.15) is 0 Å². The third kappa shape index (κ3) is 3.97. The molecule has 0 unspecified atom stereocenters. The summed E-state index contributed by atoms with van der Waals surface area (Å²) in [4.78, 5) is 31.4. The molecule has 5 rings (SSSR count). The van der Waals surface area contributed by atoms with Gasteiger partial charge in [0.05, 0.1) is 19.1 Å². The van der Waals surface area contributed by atoms with Crippen LogP contribution >= 0.6 is 0 Å². The first-order valence-corrected chi connectivity index (χ1v) is 11.4. The zero-order valence-electron chi connectivity index (χ0n) is 18.0. The molecule has 1 aliphatic carbocycles. The average molecular weight is 432 g/mol. The standard InChI is InChI=1S/C23H30FN3O4/c1-2-30-23(29)26-9-7-25(8-10-26)22(28)18-13-27(12-15-3-4-15)21-17-11-16(24)5-6-20(17)31-14-19(18)21/h5-6,11,15,18-19,21H,2-4,7-10,12-14H2,1H3/t18-,19+,21+/m1/s1. The number of carbonyl (C=O) groups is 2. The van der Waals surface area contributed by atoms with Gasteiger partial charge < -0.3 is 19.3 Å². The van der Waals surface area contributed by atoms with Crippen LogP contribution in [0.5, 0.6) is 5.75 Å². The summed E-state index contributed by atoms with van der Waals surface area (Å²) in [5.41, 5.74) is 0.874. The summed E-state index contributed by atoms with van der Waals surface area (Å²) < 4.78 is 25.1. The normalized spacial score (nSPS) is 28.0. The first-order chi connectivity index (χ1) is 15.0. The molecule has 3 atom stereocenters. The molecule has 1 aromatic carbocycles. The minimum Gasteiger partial charge on any atom is -0.493 e. The van der Waals surface area contributed by atoms with Crippen molar-refractivity contribution in [3.63, 3.8) is 0 Å². The second-order valence-corrected chi connectivity index (χ2v) is 9.12. The fraction of sp³-hybridized carbons (Fsp3) is 0.652. The molecule has 0 N–H and O–H groups in total. The number of hydrogen-bond donors (Lipinski definition) is 0. The lowest BCUT2D eigenvalue weighted by Crippen LogP contribution is -2.53. The SMILES string of the molecule is CCOC(=O)N1CCN(C(=O)[C@@H]2CN(CC3CC3)[C@H]3c4cc(F)ccc4OC[C@@H]23)CC1. The Morgan fingerprint density at radius 3 is 2.61 bits per heavy atom. The van der Waals surface area contributed by atoms with Gasteiger partial charge in [-0.3, -0.25) is 9.69 Å². The van der Waals surface area contributed by atoms with Crippen LogP contribution in [0, 0.1) is 23.6 Å². The molecule has 4 aliphatic rings. The number of nitrogens with zero attached hydrogens (tertiary/aromatic N) is 3. The monoisotopic (exact) mass is 431 g/mol. The van der Waals surface area contributed by atoms with Crippen LogP contribution in [0.2, 0.25) is 0 Å². The lowest BCUT2D eigenvalue weighted by molar-refractivity contribution is -0.138. The van der Waals surface area contributed by atoms with E-state index in [1.165, 1.54) is 18.9 Å². The molecule has 2 saturated heterocycles. The molecule has 8 heteroatoms. The maximum atomic E-state index is 14.1. The molecular weight excluding hydrogens is 401 g/mol. The summed E-state index contributed by atoms with van der Waals surface area (Å²) in [5, 5.41) is 0. The van der Waals surface area contributed by atoms with E-state index in [9.17, 15) is 14.0 Å². The van der Waals surface area contributed by atoms with Gasteiger partial charge in [0.15, 0.2) is 0 Å². The molecular formula is C23H30FN3O4. The van der Waals surface area contributed by atoms with Gasteiger partial charge in [-0.1, -0.05) is 0 Å². The van der Waals surface area contributed by atoms with Crippen LogP contribution in [0.25, 0.3) is 0 Å².